The van der Waals surface area contributed by atoms with Crippen molar-refractivity contribution >= 4 is 23.3 Å². The monoisotopic (exact) mass is 421 g/mol. The number of rotatable bonds is 5. The number of carbonyl (C=O) groups is 2. The third-order valence-electron chi connectivity index (χ3n) is 6.68. The van der Waals surface area contributed by atoms with Crippen LogP contribution in [0.2, 0.25) is 0 Å². The van der Waals surface area contributed by atoms with Gasteiger partial charge >= 0.3 is 6.03 Å². The lowest BCUT2D eigenvalue weighted by atomic mass is 9.84. The van der Waals surface area contributed by atoms with Gasteiger partial charge in [0.15, 0.2) is 0 Å². The highest BCUT2D eigenvalue weighted by Crippen LogP contribution is 2.34. The van der Waals surface area contributed by atoms with Gasteiger partial charge in [-0.1, -0.05) is 25.1 Å². The summed E-state index contributed by atoms with van der Waals surface area (Å²) in [5.74, 6) is 0.819. The molecular formula is C25H31N3O3. The first-order valence-electron chi connectivity index (χ1n) is 11.1. The number of nitrogens with one attached hydrogen (secondary N) is 2. The second-order valence-corrected chi connectivity index (χ2v) is 8.53. The molecule has 4 rings (SSSR count). The Bertz CT molecular complexity index is 980. The molecule has 0 atom stereocenters. The minimum absolute atomic E-state index is 0.0324. The van der Waals surface area contributed by atoms with E-state index in [-0.39, 0.29) is 23.9 Å². The Kier molecular flexibility index (Phi) is 6.16. The van der Waals surface area contributed by atoms with Crippen LogP contribution in [0.4, 0.5) is 16.2 Å². The molecule has 1 heterocycles. The van der Waals surface area contributed by atoms with Crippen molar-refractivity contribution in [1.82, 2.24) is 4.90 Å². The van der Waals surface area contributed by atoms with E-state index in [2.05, 4.69) is 30.5 Å². The molecule has 31 heavy (non-hydrogen) atoms. The number of carbonyl (C=O) groups excluding carboxylic acids is 2. The molecule has 1 aliphatic heterocycles. The third kappa shape index (κ3) is 4.38. The van der Waals surface area contributed by atoms with Gasteiger partial charge in [-0.2, -0.15) is 0 Å². The molecule has 0 spiro atoms. The first-order chi connectivity index (χ1) is 15.0. The standard InChI is InChI=1S/C25H31N3O3/c1-4-17-8-11-19(14-23(17)31-3)26-24(29)18-9-12-20(13-10-18)28-15-21-16(2)6-5-7-22(21)27-25(28)30/h5-8,11,14,18,20H,4,9-10,12-13,15H2,1-3H3,(H,26,29)(H,27,30). The fourth-order valence-electron chi connectivity index (χ4n) is 4.76. The molecular weight excluding hydrogens is 390 g/mol. The van der Waals surface area contributed by atoms with Gasteiger partial charge in [0, 0.05) is 29.4 Å². The number of hydrogen-bond acceptors (Lipinski definition) is 3. The zero-order chi connectivity index (χ0) is 22.0. The van der Waals surface area contributed by atoms with Crippen molar-refractivity contribution in [3.05, 3.63) is 53.1 Å². The normalized spacial score (nSPS) is 20.6. The summed E-state index contributed by atoms with van der Waals surface area (Å²) in [5, 5.41) is 6.08. The Morgan fingerprint density at radius 1 is 1.19 bits per heavy atom. The zero-order valence-electron chi connectivity index (χ0n) is 18.5. The SMILES string of the molecule is CCc1ccc(NC(=O)C2CCC(N3Cc4c(C)cccc4NC3=O)CC2)cc1OC. The van der Waals surface area contributed by atoms with E-state index in [1.807, 2.05) is 35.2 Å². The van der Waals surface area contributed by atoms with E-state index < -0.39 is 0 Å². The number of benzene rings is 2. The maximum Gasteiger partial charge on any atom is 0.322 e. The topological polar surface area (TPSA) is 70.7 Å². The van der Waals surface area contributed by atoms with Gasteiger partial charge in [-0.05, 0) is 67.9 Å². The van der Waals surface area contributed by atoms with Gasteiger partial charge in [0.1, 0.15) is 5.75 Å². The van der Waals surface area contributed by atoms with E-state index in [4.69, 9.17) is 4.74 Å². The molecule has 164 valence electrons. The van der Waals surface area contributed by atoms with Crippen LogP contribution in [0.15, 0.2) is 36.4 Å². The number of fused-ring (bicyclic) bond motifs is 1. The van der Waals surface area contributed by atoms with E-state index in [9.17, 15) is 9.59 Å². The highest BCUT2D eigenvalue weighted by molar-refractivity contribution is 5.94. The summed E-state index contributed by atoms with van der Waals surface area (Å²) in [7, 11) is 1.65. The fourth-order valence-corrected chi connectivity index (χ4v) is 4.76. The van der Waals surface area contributed by atoms with Crippen molar-refractivity contribution in [2.75, 3.05) is 17.7 Å². The van der Waals surface area contributed by atoms with Crippen LogP contribution in [0, 0.1) is 12.8 Å². The van der Waals surface area contributed by atoms with Gasteiger partial charge in [-0.15, -0.1) is 0 Å². The number of amides is 3. The minimum Gasteiger partial charge on any atom is -0.496 e. The van der Waals surface area contributed by atoms with E-state index in [1.165, 1.54) is 11.1 Å². The van der Waals surface area contributed by atoms with Gasteiger partial charge in [-0.3, -0.25) is 4.79 Å². The largest absolute Gasteiger partial charge is 0.496 e. The van der Waals surface area contributed by atoms with Crippen LogP contribution < -0.4 is 15.4 Å². The average molecular weight is 422 g/mol. The molecule has 6 nitrogen and oxygen atoms in total. The quantitative estimate of drug-likeness (QED) is 0.705. The Balaban J connectivity index is 1.36. The van der Waals surface area contributed by atoms with Crippen molar-refractivity contribution in [1.29, 1.82) is 0 Å². The van der Waals surface area contributed by atoms with Crippen molar-refractivity contribution in [3.8, 4) is 5.75 Å². The Morgan fingerprint density at radius 2 is 1.97 bits per heavy atom. The van der Waals surface area contributed by atoms with E-state index in [0.717, 1.165) is 54.8 Å². The molecule has 3 amide bonds. The van der Waals surface area contributed by atoms with Crippen LogP contribution in [0.3, 0.4) is 0 Å². The average Bonchev–Trinajstić information content (AvgIpc) is 2.79. The Morgan fingerprint density at radius 3 is 2.68 bits per heavy atom. The van der Waals surface area contributed by atoms with Gasteiger partial charge < -0.3 is 20.3 Å². The van der Waals surface area contributed by atoms with Crippen LogP contribution in [0.1, 0.15) is 49.3 Å². The lowest BCUT2D eigenvalue weighted by Crippen LogP contribution is -2.47. The summed E-state index contributed by atoms with van der Waals surface area (Å²) in [6.45, 7) is 4.80. The van der Waals surface area contributed by atoms with Crippen LogP contribution in [-0.4, -0.2) is 30.0 Å². The van der Waals surface area contributed by atoms with Gasteiger partial charge in [-0.25, -0.2) is 4.79 Å². The predicted molar refractivity (Wildman–Crippen MR) is 122 cm³/mol. The molecule has 1 aliphatic carbocycles. The number of urea groups is 1. The minimum atomic E-state index is -0.0332. The highest BCUT2D eigenvalue weighted by atomic mass is 16.5. The van der Waals surface area contributed by atoms with Crippen LogP contribution >= 0.6 is 0 Å². The number of anilines is 2. The van der Waals surface area contributed by atoms with Crippen molar-refractivity contribution in [3.63, 3.8) is 0 Å². The molecule has 0 aromatic heterocycles. The molecule has 2 aliphatic rings. The molecule has 1 fully saturated rings. The summed E-state index contributed by atoms with van der Waals surface area (Å²) >= 11 is 0. The third-order valence-corrected chi connectivity index (χ3v) is 6.68. The molecule has 0 saturated heterocycles. The summed E-state index contributed by atoms with van der Waals surface area (Å²) in [4.78, 5) is 27.4. The molecule has 0 radical (unpaired) electrons. The Hall–Kier alpha value is -3.02. The highest BCUT2D eigenvalue weighted by Gasteiger charge is 2.34. The molecule has 2 aromatic rings. The van der Waals surface area contributed by atoms with Crippen LogP contribution in [0.5, 0.6) is 5.75 Å². The predicted octanol–water partition coefficient (Wildman–Crippen LogP) is 5.11. The van der Waals surface area contributed by atoms with Gasteiger partial charge in [0.2, 0.25) is 5.91 Å². The maximum atomic E-state index is 12.8. The van der Waals surface area contributed by atoms with E-state index >= 15 is 0 Å². The number of nitrogens with zero attached hydrogens (tertiary/aromatic N) is 1. The summed E-state index contributed by atoms with van der Waals surface area (Å²) in [6, 6.07) is 12.0. The molecule has 6 heteroatoms. The second-order valence-electron chi connectivity index (χ2n) is 8.53. The lowest BCUT2D eigenvalue weighted by molar-refractivity contribution is -0.121. The van der Waals surface area contributed by atoms with E-state index in [0.29, 0.717) is 6.54 Å². The number of methoxy groups -OCH3 is 1. The Labute approximate surface area is 184 Å². The first-order valence-corrected chi connectivity index (χ1v) is 11.1. The number of ether oxygens (including phenoxy) is 1. The first kappa shape index (κ1) is 21.2. The lowest BCUT2D eigenvalue weighted by Gasteiger charge is -2.39. The molecule has 0 bridgehead atoms. The van der Waals surface area contributed by atoms with Crippen molar-refractivity contribution < 1.29 is 14.3 Å². The van der Waals surface area contributed by atoms with Gasteiger partial charge in [0.25, 0.3) is 0 Å². The number of aryl methyl sites for hydroxylation is 2. The van der Waals surface area contributed by atoms with Crippen molar-refractivity contribution in [2.24, 2.45) is 5.92 Å². The molecule has 2 aromatic carbocycles. The van der Waals surface area contributed by atoms with Crippen LogP contribution in [0.25, 0.3) is 0 Å². The summed E-state index contributed by atoms with van der Waals surface area (Å²) in [5.41, 5.74) is 5.19. The smallest absolute Gasteiger partial charge is 0.322 e. The second kappa shape index (κ2) is 9.00. The van der Waals surface area contributed by atoms with Crippen molar-refractivity contribution in [2.45, 2.75) is 58.5 Å². The van der Waals surface area contributed by atoms with Crippen LogP contribution in [-0.2, 0) is 17.8 Å². The molecule has 1 saturated carbocycles. The van der Waals surface area contributed by atoms with Gasteiger partial charge in [0.05, 0.1) is 13.7 Å². The van der Waals surface area contributed by atoms with E-state index in [1.54, 1.807) is 7.11 Å². The maximum absolute atomic E-state index is 12.8. The molecule has 0 unspecified atom stereocenters. The summed E-state index contributed by atoms with van der Waals surface area (Å²) < 4.78 is 5.43. The molecule has 2 N–H and O–H groups in total. The summed E-state index contributed by atoms with van der Waals surface area (Å²) in [6.07, 6.45) is 4.13. The zero-order valence-corrected chi connectivity index (χ0v) is 18.5. The number of hydrogen-bond donors (Lipinski definition) is 2. The fraction of sp³-hybridized carbons (Fsp3) is 0.440.